The van der Waals surface area contributed by atoms with Crippen molar-refractivity contribution in [1.82, 2.24) is 9.78 Å². The molecule has 0 fully saturated rings. The Morgan fingerprint density at radius 1 is 1.06 bits per heavy atom. The Hall–Kier alpha value is -4.93. The quantitative estimate of drug-likeness (QED) is 0.286. The molecule has 0 saturated carbocycles. The van der Waals surface area contributed by atoms with E-state index in [1.807, 2.05) is 0 Å². The van der Waals surface area contributed by atoms with Gasteiger partial charge in [-0.05, 0) is 55.0 Å². The third-order valence-corrected chi connectivity index (χ3v) is 4.89. The summed E-state index contributed by atoms with van der Waals surface area (Å²) in [5.41, 5.74) is 1.78. The summed E-state index contributed by atoms with van der Waals surface area (Å²) in [6, 6.07) is 15.9. The molecule has 0 atom stereocenters. The second-order valence-corrected chi connectivity index (χ2v) is 7.65. The van der Waals surface area contributed by atoms with E-state index in [0.717, 1.165) is 5.56 Å². The lowest BCUT2D eigenvalue weighted by Gasteiger charge is -2.08. The van der Waals surface area contributed by atoms with Gasteiger partial charge < -0.3 is 19.8 Å². The summed E-state index contributed by atoms with van der Waals surface area (Å²) < 4.78 is 12.6. The van der Waals surface area contributed by atoms with Crippen LogP contribution in [0.1, 0.15) is 32.4 Å². The normalized spacial score (nSPS) is 10.6. The molecule has 2 aromatic carbocycles. The van der Waals surface area contributed by atoms with E-state index in [1.165, 1.54) is 22.9 Å². The average molecular weight is 475 g/mol. The zero-order valence-electron chi connectivity index (χ0n) is 18.8. The minimum Gasteiger partial charge on any atom is -0.479 e. The van der Waals surface area contributed by atoms with Crippen LogP contribution in [0.5, 0.6) is 5.75 Å². The largest absolute Gasteiger partial charge is 0.479 e. The molecule has 2 aromatic heterocycles. The summed E-state index contributed by atoms with van der Waals surface area (Å²) in [5.74, 6) is -0.428. The van der Waals surface area contributed by atoms with Gasteiger partial charge in [-0.25, -0.2) is 0 Å². The molecule has 0 spiro atoms. The Kier molecular flexibility index (Phi) is 6.58. The number of nitrogens with zero attached hydrogens (tertiary/aromatic N) is 3. The molecule has 11 heteroatoms. The highest BCUT2D eigenvalue weighted by atomic mass is 16.6. The van der Waals surface area contributed by atoms with Crippen LogP contribution in [0.15, 0.2) is 71.3 Å². The van der Waals surface area contributed by atoms with Crippen molar-refractivity contribution in [2.45, 2.75) is 13.5 Å². The maximum atomic E-state index is 12.6. The zero-order chi connectivity index (χ0) is 24.9. The summed E-state index contributed by atoms with van der Waals surface area (Å²) in [4.78, 5) is 35.6. The van der Waals surface area contributed by atoms with Crippen LogP contribution in [0.3, 0.4) is 0 Å². The molecule has 2 N–H and O–H groups in total. The van der Waals surface area contributed by atoms with E-state index in [-0.39, 0.29) is 35.4 Å². The van der Waals surface area contributed by atoms with Crippen molar-refractivity contribution in [3.8, 4) is 5.75 Å². The van der Waals surface area contributed by atoms with E-state index in [1.54, 1.807) is 62.6 Å². The molecular weight excluding hydrogens is 454 g/mol. The number of amides is 2. The molecule has 0 saturated heterocycles. The standard InChI is InChI=1S/C24H21N5O6/c1-15-6-8-21(20(12-15)29(32)33)34-14-18-7-9-22(35-18)24(31)26-17-5-3-4-16(13-17)25-23(30)19-10-11-28(2)27-19/h3-13H,14H2,1-2H3,(H,25,30)(H,26,31). The number of aromatic nitrogens is 2. The lowest BCUT2D eigenvalue weighted by atomic mass is 10.2. The van der Waals surface area contributed by atoms with E-state index in [4.69, 9.17) is 9.15 Å². The first-order chi connectivity index (χ1) is 16.8. The SMILES string of the molecule is Cc1ccc(OCc2ccc(C(=O)Nc3cccc(NC(=O)c4ccn(C)n4)c3)o2)c([N+](=O)[O-])c1. The average Bonchev–Trinajstić information content (AvgIpc) is 3.48. The molecule has 2 heterocycles. The van der Waals surface area contributed by atoms with Crippen molar-refractivity contribution >= 4 is 28.9 Å². The van der Waals surface area contributed by atoms with E-state index in [2.05, 4.69) is 15.7 Å². The second-order valence-electron chi connectivity index (χ2n) is 7.65. The Labute approximate surface area is 199 Å². The summed E-state index contributed by atoms with van der Waals surface area (Å²) in [5, 5.41) is 20.7. The maximum Gasteiger partial charge on any atom is 0.311 e. The van der Waals surface area contributed by atoms with E-state index in [0.29, 0.717) is 17.1 Å². The molecule has 0 unspecified atom stereocenters. The predicted octanol–water partition coefficient (Wildman–Crippen LogP) is 4.31. The van der Waals surface area contributed by atoms with Gasteiger partial charge in [0.05, 0.1) is 4.92 Å². The highest BCUT2D eigenvalue weighted by Gasteiger charge is 2.17. The third kappa shape index (κ3) is 5.71. The van der Waals surface area contributed by atoms with E-state index >= 15 is 0 Å². The van der Waals surface area contributed by atoms with Crippen LogP contribution in [0.4, 0.5) is 17.1 Å². The molecule has 2 amide bonds. The molecule has 4 rings (SSSR count). The smallest absolute Gasteiger partial charge is 0.311 e. The number of rotatable bonds is 8. The summed E-state index contributed by atoms with van der Waals surface area (Å²) in [7, 11) is 1.71. The molecular formula is C24H21N5O6. The lowest BCUT2D eigenvalue weighted by Crippen LogP contribution is -2.14. The van der Waals surface area contributed by atoms with Gasteiger partial charge in [-0.3, -0.25) is 24.4 Å². The highest BCUT2D eigenvalue weighted by molar-refractivity contribution is 6.04. The fraction of sp³-hybridized carbons (Fsp3) is 0.125. The number of benzene rings is 2. The number of nitrogens with one attached hydrogen (secondary N) is 2. The lowest BCUT2D eigenvalue weighted by molar-refractivity contribution is -0.386. The van der Waals surface area contributed by atoms with Crippen molar-refractivity contribution in [2.75, 3.05) is 10.6 Å². The number of nitro groups is 1. The van der Waals surface area contributed by atoms with Gasteiger partial charge in [0, 0.05) is 30.7 Å². The van der Waals surface area contributed by atoms with Gasteiger partial charge in [-0.15, -0.1) is 0 Å². The number of furan rings is 1. The predicted molar refractivity (Wildman–Crippen MR) is 126 cm³/mol. The number of nitro benzene ring substituents is 1. The van der Waals surface area contributed by atoms with Crippen LogP contribution in [-0.4, -0.2) is 26.5 Å². The highest BCUT2D eigenvalue weighted by Crippen LogP contribution is 2.28. The monoisotopic (exact) mass is 475 g/mol. The number of hydrogen-bond donors (Lipinski definition) is 2. The van der Waals surface area contributed by atoms with Gasteiger partial charge in [-0.1, -0.05) is 12.1 Å². The molecule has 0 aliphatic heterocycles. The number of anilines is 2. The summed E-state index contributed by atoms with van der Waals surface area (Å²) in [6.45, 7) is 1.66. The van der Waals surface area contributed by atoms with Gasteiger partial charge in [0.1, 0.15) is 12.4 Å². The second kappa shape index (κ2) is 9.91. The van der Waals surface area contributed by atoms with Crippen molar-refractivity contribution in [3.05, 3.63) is 99.8 Å². The Morgan fingerprint density at radius 2 is 1.80 bits per heavy atom. The number of aryl methyl sites for hydroxylation is 2. The first kappa shape index (κ1) is 23.2. The van der Waals surface area contributed by atoms with Crippen LogP contribution < -0.4 is 15.4 Å². The topological polar surface area (TPSA) is 142 Å². The molecule has 11 nitrogen and oxygen atoms in total. The summed E-state index contributed by atoms with van der Waals surface area (Å²) >= 11 is 0. The van der Waals surface area contributed by atoms with Gasteiger partial charge in [0.25, 0.3) is 11.8 Å². The molecule has 0 bridgehead atoms. The molecule has 178 valence electrons. The molecule has 4 aromatic rings. The van der Waals surface area contributed by atoms with Gasteiger partial charge in [0.2, 0.25) is 0 Å². The van der Waals surface area contributed by atoms with Crippen molar-refractivity contribution < 1.29 is 23.7 Å². The van der Waals surface area contributed by atoms with Crippen LogP contribution in [0.25, 0.3) is 0 Å². The zero-order valence-corrected chi connectivity index (χ0v) is 18.8. The first-order valence-corrected chi connectivity index (χ1v) is 10.5. The fourth-order valence-electron chi connectivity index (χ4n) is 3.22. The number of ether oxygens (including phenoxy) is 1. The van der Waals surface area contributed by atoms with Crippen LogP contribution >= 0.6 is 0 Å². The van der Waals surface area contributed by atoms with E-state index in [9.17, 15) is 19.7 Å². The Morgan fingerprint density at radius 3 is 2.49 bits per heavy atom. The summed E-state index contributed by atoms with van der Waals surface area (Å²) in [6.07, 6.45) is 1.66. The van der Waals surface area contributed by atoms with Gasteiger partial charge >= 0.3 is 5.69 Å². The molecule has 0 aliphatic carbocycles. The van der Waals surface area contributed by atoms with Crippen LogP contribution in [0, 0.1) is 17.0 Å². The molecule has 0 radical (unpaired) electrons. The number of carbonyl (C=O) groups excluding carboxylic acids is 2. The van der Waals surface area contributed by atoms with Gasteiger partial charge in [-0.2, -0.15) is 5.10 Å². The minimum absolute atomic E-state index is 0.0323. The van der Waals surface area contributed by atoms with Crippen LogP contribution in [0.2, 0.25) is 0 Å². The van der Waals surface area contributed by atoms with Crippen molar-refractivity contribution in [1.29, 1.82) is 0 Å². The fourth-order valence-corrected chi connectivity index (χ4v) is 3.22. The third-order valence-electron chi connectivity index (χ3n) is 4.89. The van der Waals surface area contributed by atoms with Crippen molar-refractivity contribution in [2.24, 2.45) is 7.05 Å². The molecule has 0 aliphatic rings. The first-order valence-electron chi connectivity index (χ1n) is 10.5. The maximum absolute atomic E-state index is 12.6. The van der Waals surface area contributed by atoms with Crippen molar-refractivity contribution in [3.63, 3.8) is 0 Å². The number of carbonyl (C=O) groups is 2. The Balaban J connectivity index is 1.37. The molecule has 35 heavy (non-hydrogen) atoms. The van der Waals surface area contributed by atoms with Gasteiger partial charge in [0.15, 0.2) is 17.2 Å². The number of hydrogen-bond acceptors (Lipinski definition) is 7. The van der Waals surface area contributed by atoms with Crippen LogP contribution in [-0.2, 0) is 13.7 Å². The van der Waals surface area contributed by atoms with E-state index < -0.39 is 10.8 Å². The minimum atomic E-state index is -0.518. The Bertz CT molecular complexity index is 1410.